The summed E-state index contributed by atoms with van der Waals surface area (Å²) in [6.45, 7) is 4.34. The molecule has 0 saturated carbocycles. The summed E-state index contributed by atoms with van der Waals surface area (Å²) in [6, 6.07) is 37.8. The minimum atomic E-state index is -0.385. The predicted octanol–water partition coefficient (Wildman–Crippen LogP) is 8.88. The highest BCUT2D eigenvalue weighted by Crippen LogP contribution is 2.44. The maximum atomic E-state index is 11.0. The maximum Gasteiger partial charge on any atom is 0.269 e. The monoisotopic (exact) mass is 627 g/mol. The lowest BCUT2D eigenvalue weighted by atomic mass is 9.96. The molecule has 7 rings (SSSR count). The van der Waals surface area contributed by atoms with Crippen LogP contribution in [0, 0.1) is 24.0 Å². The van der Waals surface area contributed by atoms with E-state index in [0.29, 0.717) is 5.11 Å². The Morgan fingerprint density at radius 3 is 2.27 bits per heavy atom. The fourth-order valence-electron chi connectivity index (χ4n) is 6.26. The van der Waals surface area contributed by atoms with Gasteiger partial charge in [-0.05, 0) is 97.7 Å². The summed E-state index contributed by atoms with van der Waals surface area (Å²) in [5.74, 6) is 0. The molecule has 7 nitrogen and oxygen atoms in total. The van der Waals surface area contributed by atoms with E-state index in [-0.39, 0.29) is 22.7 Å². The molecule has 3 heterocycles. The van der Waals surface area contributed by atoms with Gasteiger partial charge in [-0.2, -0.15) is 0 Å². The quantitative estimate of drug-likeness (QED) is 0.108. The Morgan fingerprint density at radius 1 is 0.867 bits per heavy atom. The van der Waals surface area contributed by atoms with Gasteiger partial charge in [0.1, 0.15) is 0 Å². The first-order valence-corrected chi connectivity index (χ1v) is 15.8. The Bertz CT molecular complexity index is 2040. The number of benzene rings is 4. The van der Waals surface area contributed by atoms with Gasteiger partial charge in [-0.3, -0.25) is 15.1 Å². The second kappa shape index (κ2) is 11.8. The van der Waals surface area contributed by atoms with Crippen LogP contribution in [0.25, 0.3) is 16.5 Å². The van der Waals surface area contributed by atoms with Crippen LogP contribution in [0.1, 0.15) is 34.7 Å². The van der Waals surface area contributed by atoms with E-state index < -0.39 is 0 Å². The molecule has 0 radical (unpaired) electrons. The van der Waals surface area contributed by atoms with E-state index in [2.05, 4.69) is 101 Å². The Morgan fingerprint density at radius 2 is 1.56 bits per heavy atom. The van der Waals surface area contributed by atoms with E-state index in [4.69, 9.17) is 17.2 Å². The van der Waals surface area contributed by atoms with Gasteiger partial charge in [0, 0.05) is 50.6 Å². The maximum absolute atomic E-state index is 11.0. The molecule has 6 aromatic rings. The fourth-order valence-corrected chi connectivity index (χ4v) is 7.42. The van der Waals surface area contributed by atoms with Crippen molar-refractivity contribution in [1.82, 2.24) is 14.9 Å². The third kappa shape index (κ3) is 5.34. The van der Waals surface area contributed by atoms with Gasteiger partial charge in [0.05, 0.1) is 28.4 Å². The number of nitro benzene ring substituents is 1. The first-order chi connectivity index (χ1) is 21.9. The molecule has 0 bridgehead atoms. The number of fused-ring (bicyclic) bond motifs is 1. The van der Waals surface area contributed by atoms with Gasteiger partial charge in [-0.25, -0.2) is 0 Å². The van der Waals surface area contributed by atoms with Crippen LogP contribution < -0.4 is 10.2 Å². The van der Waals surface area contributed by atoms with Gasteiger partial charge in [0.25, 0.3) is 5.69 Å². The lowest BCUT2D eigenvalue weighted by Gasteiger charge is -2.28. The molecule has 1 aliphatic heterocycles. The largest absolute Gasteiger partial charge is 0.351 e. The van der Waals surface area contributed by atoms with Crippen molar-refractivity contribution in [3.05, 3.63) is 154 Å². The number of aromatic nitrogens is 2. The Hall–Kier alpha value is -4.99. The molecule has 9 heteroatoms. The van der Waals surface area contributed by atoms with Crippen LogP contribution in [0.2, 0.25) is 0 Å². The van der Waals surface area contributed by atoms with Gasteiger partial charge in [-0.15, -0.1) is 0 Å². The van der Waals surface area contributed by atoms with Crippen molar-refractivity contribution in [2.45, 2.75) is 35.7 Å². The third-order valence-corrected chi connectivity index (χ3v) is 9.62. The van der Waals surface area contributed by atoms with Gasteiger partial charge < -0.3 is 14.8 Å². The average molecular weight is 628 g/mol. The second-order valence-corrected chi connectivity index (χ2v) is 12.5. The van der Waals surface area contributed by atoms with Crippen LogP contribution in [0.15, 0.2) is 131 Å². The van der Waals surface area contributed by atoms with Crippen molar-refractivity contribution in [3.8, 4) is 5.69 Å². The number of non-ortho nitro benzene ring substituents is 1. The summed E-state index contributed by atoms with van der Waals surface area (Å²) < 4.78 is 2.34. The van der Waals surface area contributed by atoms with E-state index in [0.717, 1.165) is 38.2 Å². The van der Waals surface area contributed by atoms with Crippen LogP contribution in [0.3, 0.4) is 0 Å². The lowest BCUT2D eigenvalue weighted by molar-refractivity contribution is -0.384. The molecule has 1 fully saturated rings. The zero-order valence-electron chi connectivity index (χ0n) is 24.6. The van der Waals surface area contributed by atoms with Crippen molar-refractivity contribution >= 4 is 51.2 Å². The molecule has 0 unspecified atom stereocenters. The van der Waals surface area contributed by atoms with Crippen LogP contribution in [0.5, 0.6) is 0 Å². The SMILES string of the molecule is Cc1cc([C@@H]2[C@@H](c3ccccn3)NC(=S)N2c2ccc(Sc3ccc([N+](=O)[O-])cc3)cc2)c(C)n1-c1cccc2ccccc12. The smallest absolute Gasteiger partial charge is 0.269 e. The number of nitro groups is 1. The zero-order chi connectivity index (χ0) is 31.1. The second-order valence-electron chi connectivity index (χ2n) is 11.0. The van der Waals surface area contributed by atoms with E-state index in [1.165, 1.54) is 28.5 Å². The van der Waals surface area contributed by atoms with E-state index in [1.54, 1.807) is 23.9 Å². The highest BCUT2D eigenvalue weighted by molar-refractivity contribution is 7.99. The minimum Gasteiger partial charge on any atom is -0.351 e. The summed E-state index contributed by atoms with van der Waals surface area (Å²) in [4.78, 5) is 19.5. The Kier molecular flexibility index (Phi) is 7.56. The number of hydrogen-bond acceptors (Lipinski definition) is 5. The van der Waals surface area contributed by atoms with Crippen LogP contribution in [-0.2, 0) is 0 Å². The highest BCUT2D eigenvalue weighted by atomic mass is 32.2. The van der Waals surface area contributed by atoms with Crippen molar-refractivity contribution in [3.63, 3.8) is 0 Å². The molecule has 4 aromatic carbocycles. The first kappa shape index (κ1) is 28.8. The summed E-state index contributed by atoms with van der Waals surface area (Å²) in [6.07, 6.45) is 1.82. The minimum absolute atomic E-state index is 0.0815. The molecular weight excluding hydrogens is 599 g/mol. The van der Waals surface area contributed by atoms with Crippen LogP contribution in [-0.4, -0.2) is 19.6 Å². The zero-order valence-corrected chi connectivity index (χ0v) is 26.3. The van der Waals surface area contributed by atoms with Gasteiger partial charge in [0.15, 0.2) is 5.11 Å². The number of nitrogens with zero attached hydrogens (tertiary/aromatic N) is 4. The number of rotatable bonds is 7. The fraction of sp³-hybridized carbons (Fsp3) is 0.111. The normalized spacial score (nSPS) is 16.2. The van der Waals surface area contributed by atoms with Crippen LogP contribution in [0.4, 0.5) is 11.4 Å². The summed E-state index contributed by atoms with van der Waals surface area (Å²) in [5, 5.41) is 17.7. The number of nitrogens with one attached hydrogen (secondary N) is 1. The average Bonchev–Trinajstić information content (AvgIpc) is 3.56. The molecule has 0 aliphatic carbocycles. The van der Waals surface area contributed by atoms with Crippen molar-refractivity contribution < 1.29 is 4.92 Å². The highest BCUT2D eigenvalue weighted by Gasteiger charge is 2.42. The molecule has 2 aromatic heterocycles. The van der Waals surface area contributed by atoms with Gasteiger partial charge in [-0.1, -0.05) is 54.2 Å². The van der Waals surface area contributed by atoms with Crippen molar-refractivity contribution in [1.29, 1.82) is 0 Å². The van der Waals surface area contributed by atoms with E-state index in [1.807, 2.05) is 24.4 Å². The molecule has 1 saturated heterocycles. The molecule has 222 valence electrons. The number of anilines is 1. The van der Waals surface area contributed by atoms with Crippen LogP contribution >= 0.6 is 24.0 Å². The van der Waals surface area contributed by atoms with Gasteiger partial charge >= 0.3 is 0 Å². The number of thiocarbonyl (C=S) groups is 1. The summed E-state index contributed by atoms with van der Waals surface area (Å²) >= 11 is 7.57. The molecule has 1 N–H and O–H groups in total. The molecule has 1 aliphatic rings. The molecule has 0 amide bonds. The number of hydrogen-bond donors (Lipinski definition) is 1. The summed E-state index contributed by atoms with van der Waals surface area (Å²) in [7, 11) is 0. The van der Waals surface area contributed by atoms with E-state index >= 15 is 0 Å². The van der Waals surface area contributed by atoms with Crippen molar-refractivity contribution in [2.75, 3.05) is 4.90 Å². The molecule has 0 spiro atoms. The molecular formula is C36H29N5O2S2. The standard InChI is InChI=1S/C36H29N5O2S2/c1-23-22-31(24(2)39(23)33-12-7-9-25-8-3-4-10-30(25)33)35-34(32-11-5-6-21-37-32)38-36(44)40(35)26-13-17-28(18-14-26)45-29-19-15-27(16-20-29)41(42)43/h3-22,34-35H,1-2H3,(H,38,44)/t34-,35-/m1/s1. The third-order valence-electron chi connectivity index (χ3n) is 8.29. The Balaban J connectivity index is 1.28. The first-order valence-electron chi connectivity index (χ1n) is 14.6. The molecule has 2 atom stereocenters. The summed E-state index contributed by atoms with van der Waals surface area (Å²) in [5.41, 5.74) is 6.59. The predicted molar refractivity (Wildman–Crippen MR) is 184 cm³/mol. The molecule has 45 heavy (non-hydrogen) atoms. The number of aryl methyl sites for hydroxylation is 1. The van der Waals surface area contributed by atoms with E-state index in [9.17, 15) is 10.1 Å². The van der Waals surface area contributed by atoms with Gasteiger partial charge in [0.2, 0.25) is 0 Å². The lowest BCUT2D eigenvalue weighted by Crippen LogP contribution is -2.29. The topological polar surface area (TPSA) is 76.2 Å². The number of pyridine rings is 1. The van der Waals surface area contributed by atoms with Crippen molar-refractivity contribution in [2.24, 2.45) is 0 Å². The Labute approximate surface area is 270 Å².